The van der Waals surface area contributed by atoms with Crippen LogP contribution in [0.5, 0.6) is 0 Å². The van der Waals surface area contributed by atoms with Gasteiger partial charge in [-0.2, -0.15) is 5.10 Å². The van der Waals surface area contributed by atoms with Crippen LogP contribution < -0.4 is 5.32 Å². The predicted octanol–water partition coefficient (Wildman–Crippen LogP) is 3.69. The molecule has 2 aromatic carbocycles. The molecule has 8 heteroatoms. The number of anilines is 1. The summed E-state index contributed by atoms with van der Waals surface area (Å²) in [6.07, 6.45) is 0.315. The molecule has 3 aromatic rings. The van der Waals surface area contributed by atoms with Crippen LogP contribution in [0.15, 0.2) is 48.5 Å². The van der Waals surface area contributed by atoms with Crippen LogP contribution in [0.25, 0.3) is 11.4 Å². The topological polar surface area (TPSA) is 69.2 Å². The minimum atomic E-state index is -0.0465. The Morgan fingerprint density at radius 1 is 1.06 bits per heavy atom. The lowest BCUT2D eigenvalue weighted by Crippen LogP contribution is -2.43. The predicted molar refractivity (Wildman–Crippen MR) is 130 cm³/mol. The van der Waals surface area contributed by atoms with Crippen molar-refractivity contribution in [1.29, 1.82) is 0 Å². The van der Waals surface area contributed by atoms with Crippen molar-refractivity contribution in [3.05, 3.63) is 64.4 Å². The molecule has 0 unspecified atom stereocenters. The number of hydrogen-bond donors (Lipinski definition) is 2. The van der Waals surface area contributed by atoms with Crippen LogP contribution in [0, 0.1) is 11.7 Å². The monoisotopic (exact) mass is 450 g/mol. The molecule has 0 bridgehead atoms. The number of aromatic nitrogens is 3. The lowest BCUT2D eigenvalue weighted by Gasteiger charge is -2.32. The zero-order valence-corrected chi connectivity index (χ0v) is 19.5. The molecule has 2 heterocycles. The number of nitrogens with zero attached hydrogens (tertiary/aromatic N) is 4. The zero-order valence-electron chi connectivity index (χ0n) is 18.7. The second kappa shape index (κ2) is 10.2. The number of carbonyl (C=O) groups is 1. The SMILES string of the molecule is Cc1ccc(-c2n[nH]c(=S)n2CCC(=O)Nc2ccc(CN3CCN(C)CC3)cc2)cc1. The van der Waals surface area contributed by atoms with E-state index in [1.807, 2.05) is 47.9 Å². The third-order valence-corrected chi connectivity index (χ3v) is 6.18. The standard InChI is InChI=1S/C24H30N6OS/c1-18-3-7-20(8-4-18)23-26-27-24(32)30(23)12-11-22(31)25-21-9-5-19(6-10-21)17-29-15-13-28(2)14-16-29/h3-10H,11-17H2,1-2H3,(H,25,31)(H,27,32). The third-order valence-electron chi connectivity index (χ3n) is 5.87. The summed E-state index contributed by atoms with van der Waals surface area (Å²) < 4.78 is 2.39. The Balaban J connectivity index is 1.31. The molecule has 4 rings (SSSR count). The maximum atomic E-state index is 12.5. The Morgan fingerprint density at radius 2 is 1.75 bits per heavy atom. The Labute approximate surface area is 194 Å². The van der Waals surface area contributed by atoms with Gasteiger partial charge in [0, 0.05) is 56.9 Å². The van der Waals surface area contributed by atoms with Gasteiger partial charge in [-0.1, -0.05) is 42.0 Å². The molecular weight excluding hydrogens is 420 g/mol. The van der Waals surface area contributed by atoms with Crippen LogP contribution in [0.1, 0.15) is 17.5 Å². The largest absolute Gasteiger partial charge is 0.326 e. The van der Waals surface area contributed by atoms with E-state index in [0.717, 1.165) is 49.8 Å². The average Bonchev–Trinajstić information content (AvgIpc) is 3.16. The van der Waals surface area contributed by atoms with Crippen LogP contribution in [0.3, 0.4) is 0 Å². The summed E-state index contributed by atoms with van der Waals surface area (Å²) in [6, 6.07) is 16.2. The van der Waals surface area contributed by atoms with E-state index in [1.54, 1.807) is 0 Å². The third kappa shape index (κ3) is 5.70. The van der Waals surface area contributed by atoms with Gasteiger partial charge in [0.05, 0.1) is 0 Å². The van der Waals surface area contributed by atoms with Crippen LogP contribution in [0.2, 0.25) is 0 Å². The molecule has 1 saturated heterocycles. The Kier molecular flexibility index (Phi) is 7.14. The Hall–Kier alpha value is -2.81. The number of hydrogen-bond acceptors (Lipinski definition) is 5. The fraction of sp³-hybridized carbons (Fsp3) is 0.375. The number of likely N-dealkylation sites (N-methyl/N-ethyl adjacent to an activating group) is 1. The molecular formula is C24H30N6OS. The van der Waals surface area contributed by atoms with Crippen LogP contribution >= 0.6 is 12.2 Å². The lowest BCUT2D eigenvalue weighted by atomic mass is 10.1. The van der Waals surface area contributed by atoms with Crippen LogP contribution in [0.4, 0.5) is 5.69 Å². The summed E-state index contributed by atoms with van der Waals surface area (Å²) in [5.41, 5.74) is 4.23. The number of aryl methyl sites for hydroxylation is 1. The van der Waals surface area contributed by atoms with E-state index in [0.29, 0.717) is 17.7 Å². The first-order valence-electron chi connectivity index (χ1n) is 11.0. The summed E-state index contributed by atoms with van der Waals surface area (Å²) >= 11 is 5.37. The van der Waals surface area contributed by atoms with E-state index >= 15 is 0 Å². The molecule has 0 spiro atoms. The Morgan fingerprint density at radius 3 is 2.44 bits per heavy atom. The number of rotatable bonds is 7. The van der Waals surface area contributed by atoms with Gasteiger partial charge < -0.3 is 10.2 Å². The van der Waals surface area contributed by atoms with Crippen molar-refractivity contribution in [1.82, 2.24) is 24.6 Å². The van der Waals surface area contributed by atoms with Gasteiger partial charge in [-0.15, -0.1) is 0 Å². The highest BCUT2D eigenvalue weighted by Crippen LogP contribution is 2.19. The molecule has 0 atom stereocenters. The molecule has 1 aliphatic rings. The highest BCUT2D eigenvalue weighted by molar-refractivity contribution is 7.71. The van der Waals surface area contributed by atoms with E-state index in [4.69, 9.17) is 12.2 Å². The molecule has 1 aliphatic heterocycles. The highest BCUT2D eigenvalue weighted by Gasteiger charge is 2.14. The molecule has 32 heavy (non-hydrogen) atoms. The first-order valence-corrected chi connectivity index (χ1v) is 11.4. The van der Waals surface area contributed by atoms with Crippen molar-refractivity contribution >= 4 is 23.8 Å². The summed E-state index contributed by atoms with van der Waals surface area (Å²) in [5, 5.41) is 10.2. The number of nitrogens with one attached hydrogen (secondary N) is 2. The Bertz CT molecular complexity index is 1090. The van der Waals surface area contributed by atoms with Gasteiger partial charge in [-0.25, -0.2) is 0 Å². The normalized spacial score (nSPS) is 15.1. The molecule has 1 fully saturated rings. The first-order chi connectivity index (χ1) is 15.5. The number of amides is 1. The maximum absolute atomic E-state index is 12.5. The zero-order chi connectivity index (χ0) is 22.5. The number of piperazine rings is 1. The van der Waals surface area contributed by atoms with E-state index < -0.39 is 0 Å². The smallest absolute Gasteiger partial charge is 0.226 e. The van der Waals surface area contributed by atoms with E-state index in [1.165, 1.54) is 11.1 Å². The average molecular weight is 451 g/mol. The van der Waals surface area contributed by atoms with Crippen LogP contribution in [-0.4, -0.2) is 63.7 Å². The summed E-state index contributed by atoms with van der Waals surface area (Å²) in [7, 11) is 2.17. The van der Waals surface area contributed by atoms with E-state index in [-0.39, 0.29) is 5.91 Å². The molecule has 0 aliphatic carbocycles. The van der Waals surface area contributed by atoms with E-state index in [9.17, 15) is 4.79 Å². The van der Waals surface area contributed by atoms with Gasteiger partial charge in [0.25, 0.3) is 0 Å². The molecule has 1 aromatic heterocycles. The van der Waals surface area contributed by atoms with Crippen molar-refractivity contribution in [2.24, 2.45) is 0 Å². The molecule has 7 nitrogen and oxygen atoms in total. The van der Waals surface area contributed by atoms with Gasteiger partial charge in [-0.05, 0) is 43.9 Å². The van der Waals surface area contributed by atoms with Gasteiger partial charge >= 0.3 is 0 Å². The van der Waals surface area contributed by atoms with Crippen molar-refractivity contribution in [3.8, 4) is 11.4 Å². The summed E-state index contributed by atoms with van der Waals surface area (Å²) in [5.74, 6) is 0.700. The molecule has 1 amide bonds. The highest BCUT2D eigenvalue weighted by atomic mass is 32.1. The van der Waals surface area contributed by atoms with Gasteiger partial charge in [0.1, 0.15) is 0 Å². The quantitative estimate of drug-likeness (QED) is 0.538. The van der Waals surface area contributed by atoms with E-state index in [2.05, 4.69) is 44.5 Å². The first kappa shape index (κ1) is 22.4. The molecule has 0 radical (unpaired) electrons. The lowest BCUT2D eigenvalue weighted by molar-refractivity contribution is -0.116. The second-order valence-corrected chi connectivity index (χ2v) is 8.83. The van der Waals surface area contributed by atoms with Crippen LogP contribution in [-0.2, 0) is 17.9 Å². The van der Waals surface area contributed by atoms with Gasteiger partial charge in [-0.3, -0.25) is 19.4 Å². The molecule has 2 N–H and O–H groups in total. The van der Waals surface area contributed by atoms with Gasteiger partial charge in [0.2, 0.25) is 5.91 Å². The van der Waals surface area contributed by atoms with Crippen molar-refractivity contribution in [2.75, 3.05) is 38.5 Å². The maximum Gasteiger partial charge on any atom is 0.226 e. The minimum absolute atomic E-state index is 0.0465. The fourth-order valence-electron chi connectivity index (χ4n) is 3.84. The number of H-pyrrole nitrogens is 1. The molecule has 168 valence electrons. The van der Waals surface area contributed by atoms with Crippen molar-refractivity contribution < 1.29 is 4.79 Å². The minimum Gasteiger partial charge on any atom is -0.326 e. The van der Waals surface area contributed by atoms with Crippen molar-refractivity contribution in [3.63, 3.8) is 0 Å². The second-order valence-electron chi connectivity index (χ2n) is 8.44. The number of benzene rings is 2. The number of aromatic amines is 1. The summed E-state index contributed by atoms with van der Waals surface area (Å²) in [6.45, 7) is 7.87. The van der Waals surface area contributed by atoms with Gasteiger partial charge in [0.15, 0.2) is 10.6 Å². The summed E-state index contributed by atoms with van der Waals surface area (Å²) in [4.78, 5) is 17.4. The fourth-order valence-corrected chi connectivity index (χ4v) is 4.07. The number of carbonyl (C=O) groups excluding carboxylic acids is 1. The molecule has 0 saturated carbocycles. The van der Waals surface area contributed by atoms with Crippen molar-refractivity contribution in [2.45, 2.75) is 26.4 Å².